The van der Waals surface area contributed by atoms with Crippen LogP contribution in [0.2, 0.25) is 5.15 Å². The van der Waals surface area contributed by atoms with E-state index in [1.165, 1.54) is 43.4 Å². The fraction of sp³-hybridized carbons (Fsp3) is 0.259. The number of carbonyl (C=O) groups excluding carboxylic acids is 1. The minimum atomic E-state index is -1.03. The summed E-state index contributed by atoms with van der Waals surface area (Å²) >= 11 is 6.49. The zero-order valence-corrected chi connectivity index (χ0v) is 20.0. The second-order valence-electron chi connectivity index (χ2n) is 9.65. The Morgan fingerprint density at radius 3 is 2.47 bits per heavy atom. The van der Waals surface area contributed by atoms with Crippen LogP contribution in [0.25, 0.3) is 33.6 Å². The second kappa shape index (κ2) is 8.37. The fourth-order valence-electron chi connectivity index (χ4n) is 5.31. The van der Waals surface area contributed by atoms with Crippen molar-refractivity contribution in [3.05, 3.63) is 76.4 Å². The molecule has 2 aromatic heterocycles. The highest BCUT2D eigenvalue weighted by Gasteiger charge is 2.57. The molecule has 0 saturated heterocycles. The van der Waals surface area contributed by atoms with Gasteiger partial charge in [-0.1, -0.05) is 11.6 Å². The van der Waals surface area contributed by atoms with Gasteiger partial charge in [0.1, 0.15) is 28.8 Å². The van der Waals surface area contributed by atoms with E-state index in [-0.39, 0.29) is 27.7 Å². The van der Waals surface area contributed by atoms with E-state index in [2.05, 4.69) is 15.6 Å². The van der Waals surface area contributed by atoms with Crippen LogP contribution in [-0.2, 0) is 0 Å². The van der Waals surface area contributed by atoms with Crippen LogP contribution in [0.5, 0.6) is 0 Å². The van der Waals surface area contributed by atoms with Crippen molar-refractivity contribution in [1.82, 2.24) is 15.6 Å². The predicted molar refractivity (Wildman–Crippen MR) is 131 cm³/mol. The molecular formula is C27H22ClF2N3O3. The van der Waals surface area contributed by atoms with Crippen molar-refractivity contribution in [3.63, 3.8) is 0 Å². The van der Waals surface area contributed by atoms with Crippen molar-refractivity contribution in [2.24, 2.45) is 5.92 Å². The number of nitrogens with one attached hydrogen (secondary N) is 2. The number of aliphatic hydroxyl groups is 1. The largest absolute Gasteiger partial charge is 0.437 e. The minimum absolute atomic E-state index is 0.0452. The highest BCUT2D eigenvalue weighted by molar-refractivity contribution is 6.32. The molecule has 1 amide bonds. The van der Waals surface area contributed by atoms with Crippen molar-refractivity contribution < 1.29 is 23.1 Å². The van der Waals surface area contributed by atoms with E-state index in [0.29, 0.717) is 27.6 Å². The van der Waals surface area contributed by atoms with Crippen LogP contribution in [0.1, 0.15) is 41.4 Å². The highest BCUT2D eigenvalue weighted by Crippen LogP contribution is 2.57. The molecule has 9 heteroatoms. The van der Waals surface area contributed by atoms with Gasteiger partial charge >= 0.3 is 0 Å². The summed E-state index contributed by atoms with van der Waals surface area (Å²) in [5.74, 6) is -0.451. The molecule has 6 nitrogen and oxygen atoms in total. The molecule has 7 rings (SSSR count). The first-order valence-electron chi connectivity index (χ1n) is 11.6. The van der Waals surface area contributed by atoms with Crippen molar-refractivity contribution in [1.29, 1.82) is 0 Å². The molecule has 4 aromatic rings. The molecule has 3 saturated carbocycles. The first-order chi connectivity index (χ1) is 17.2. The van der Waals surface area contributed by atoms with Gasteiger partial charge in [-0.3, -0.25) is 10.1 Å². The molecule has 3 N–H and O–H groups in total. The Hall–Kier alpha value is -3.33. The lowest BCUT2D eigenvalue weighted by Gasteiger charge is -2.62. The summed E-state index contributed by atoms with van der Waals surface area (Å²) in [5, 5.41) is 17.0. The Morgan fingerprint density at radius 1 is 1.11 bits per heavy atom. The lowest BCUT2D eigenvalue weighted by atomic mass is 9.50. The van der Waals surface area contributed by atoms with Crippen LogP contribution < -0.4 is 10.6 Å². The van der Waals surface area contributed by atoms with Crippen LogP contribution in [0.4, 0.5) is 8.78 Å². The van der Waals surface area contributed by atoms with Crippen LogP contribution in [0.3, 0.4) is 0 Å². The average Bonchev–Trinajstić information content (AvgIpc) is 3.17. The zero-order valence-electron chi connectivity index (χ0n) is 19.2. The van der Waals surface area contributed by atoms with Gasteiger partial charge in [-0.25, -0.2) is 13.8 Å². The number of carbonyl (C=O) groups is 1. The quantitative estimate of drug-likeness (QED) is 0.233. The van der Waals surface area contributed by atoms with E-state index in [4.69, 9.17) is 16.0 Å². The molecule has 3 aliphatic carbocycles. The zero-order chi connectivity index (χ0) is 25.2. The van der Waals surface area contributed by atoms with Gasteiger partial charge in [-0.05, 0) is 84.8 Å². The molecule has 0 aliphatic heterocycles. The smallest absolute Gasteiger partial charge is 0.255 e. The maximum absolute atomic E-state index is 14.7. The van der Waals surface area contributed by atoms with Gasteiger partial charge in [-0.2, -0.15) is 0 Å². The summed E-state index contributed by atoms with van der Waals surface area (Å²) in [4.78, 5) is 17.2. The molecule has 3 aliphatic rings. The molecule has 2 heterocycles. The molecule has 184 valence electrons. The highest BCUT2D eigenvalue weighted by atomic mass is 35.5. The van der Waals surface area contributed by atoms with Gasteiger partial charge in [0.15, 0.2) is 0 Å². The summed E-state index contributed by atoms with van der Waals surface area (Å²) in [5.41, 5.74) is 1.90. The Labute approximate surface area is 210 Å². The van der Waals surface area contributed by atoms with Crippen LogP contribution in [0.15, 0.2) is 52.9 Å². The fourth-order valence-corrected chi connectivity index (χ4v) is 5.55. The molecule has 0 radical (unpaired) electrons. The number of fused-ring (bicyclic) bond motifs is 1. The van der Waals surface area contributed by atoms with Crippen molar-refractivity contribution >= 4 is 28.6 Å². The summed E-state index contributed by atoms with van der Waals surface area (Å²) in [6, 6.07) is 11.4. The topological polar surface area (TPSA) is 87.4 Å². The van der Waals surface area contributed by atoms with Gasteiger partial charge in [0.05, 0.1) is 10.9 Å². The SMILES string of the molecule is CNC(=O)c1c(-c2ccc(F)cc2)oc2nc(Cl)c(-c3cc(F)cc(C(O)NC45CC(C4)C5)c3)cc12. The Kier molecular flexibility index (Phi) is 5.37. The number of hydrogen-bond donors (Lipinski definition) is 3. The first-order valence-corrected chi connectivity index (χ1v) is 12.0. The number of nitrogens with zero attached hydrogens (tertiary/aromatic N) is 1. The molecule has 1 atom stereocenters. The van der Waals surface area contributed by atoms with Gasteiger partial charge in [-0.15, -0.1) is 0 Å². The molecule has 3 fully saturated rings. The number of hydrogen-bond acceptors (Lipinski definition) is 5. The molecule has 0 spiro atoms. The summed E-state index contributed by atoms with van der Waals surface area (Å²) in [6.45, 7) is 0. The van der Waals surface area contributed by atoms with E-state index in [0.717, 1.165) is 25.2 Å². The Morgan fingerprint density at radius 2 is 1.83 bits per heavy atom. The third-order valence-electron chi connectivity index (χ3n) is 7.22. The summed E-state index contributed by atoms with van der Waals surface area (Å²) in [7, 11) is 1.49. The van der Waals surface area contributed by atoms with Crippen molar-refractivity contribution in [2.45, 2.75) is 31.0 Å². The number of aliphatic hydroxyl groups excluding tert-OH is 1. The van der Waals surface area contributed by atoms with Crippen molar-refractivity contribution in [3.8, 4) is 22.5 Å². The number of halogens is 3. The summed E-state index contributed by atoms with van der Waals surface area (Å²) < 4.78 is 34.0. The number of pyridine rings is 1. The number of furan rings is 1. The minimum Gasteiger partial charge on any atom is -0.437 e. The Balaban J connectivity index is 1.45. The van der Waals surface area contributed by atoms with Gasteiger partial charge < -0.3 is 14.8 Å². The van der Waals surface area contributed by atoms with E-state index >= 15 is 0 Å². The molecule has 1 unspecified atom stereocenters. The predicted octanol–water partition coefficient (Wildman–Crippen LogP) is 5.59. The standard InChI is InChI=1S/C27H22ClF2N3O3/c1-31-25(35)21-20-9-19(23(28)32-26(20)36-22(21)14-2-4-17(29)5-3-14)15-6-16(8-18(30)7-15)24(34)33-27-10-13(11-27)12-27/h2-9,13,24,33-34H,10-12H2,1H3,(H,31,35). The van der Waals surface area contributed by atoms with Crippen molar-refractivity contribution in [2.75, 3.05) is 7.05 Å². The van der Waals surface area contributed by atoms with Gasteiger partial charge in [0.2, 0.25) is 5.71 Å². The van der Waals surface area contributed by atoms with Crippen LogP contribution in [-0.4, -0.2) is 28.6 Å². The average molecular weight is 510 g/mol. The monoisotopic (exact) mass is 509 g/mol. The number of amides is 1. The molecular weight excluding hydrogens is 488 g/mol. The molecule has 2 bridgehead atoms. The lowest BCUT2D eigenvalue weighted by Crippen LogP contribution is -2.67. The van der Waals surface area contributed by atoms with Crippen LogP contribution in [0, 0.1) is 17.6 Å². The maximum atomic E-state index is 14.7. The third-order valence-corrected chi connectivity index (χ3v) is 7.51. The third kappa shape index (κ3) is 3.77. The Bertz CT molecular complexity index is 1500. The number of rotatable bonds is 6. The van der Waals surface area contributed by atoms with Crippen LogP contribution >= 0.6 is 11.6 Å². The number of benzene rings is 2. The van der Waals surface area contributed by atoms with Gasteiger partial charge in [0, 0.05) is 23.7 Å². The van der Waals surface area contributed by atoms with E-state index in [9.17, 15) is 18.7 Å². The first kappa shape index (κ1) is 23.1. The number of aromatic nitrogens is 1. The lowest BCUT2D eigenvalue weighted by molar-refractivity contribution is -0.0872. The van der Waals surface area contributed by atoms with E-state index in [1.807, 2.05) is 0 Å². The van der Waals surface area contributed by atoms with E-state index < -0.39 is 23.8 Å². The normalized spacial score (nSPS) is 21.1. The molecule has 2 aromatic carbocycles. The molecule has 36 heavy (non-hydrogen) atoms. The van der Waals surface area contributed by atoms with Gasteiger partial charge in [0.25, 0.3) is 5.91 Å². The summed E-state index contributed by atoms with van der Waals surface area (Å²) in [6.07, 6.45) is 2.05. The second-order valence-corrected chi connectivity index (χ2v) is 10.0. The maximum Gasteiger partial charge on any atom is 0.255 e. The van der Waals surface area contributed by atoms with E-state index in [1.54, 1.807) is 12.1 Å².